The first-order chi connectivity index (χ1) is 13.1. The van der Waals surface area contributed by atoms with E-state index in [-0.39, 0.29) is 17.7 Å². The monoisotopic (exact) mass is 386 g/mol. The van der Waals surface area contributed by atoms with Gasteiger partial charge in [-0.1, -0.05) is 12.1 Å². The number of nitrogens with one attached hydrogen (secondary N) is 1. The zero-order valence-corrected chi connectivity index (χ0v) is 17.4. The zero-order chi connectivity index (χ0) is 20.5. The number of fused-ring (bicyclic) bond motifs is 1. The molecule has 0 unspecified atom stereocenters. The lowest BCUT2D eigenvalue weighted by molar-refractivity contribution is 0.0492. The van der Waals surface area contributed by atoms with E-state index in [1.807, 2.05) is 52.0 Å². The maximum atomic E-state index is 12.6. The van der Waals surface area contributed by atoms with Crippen LogP contribution in [-0.2, 0) is 18.3 Å². The van der Waals surface area contributed by atoms with Crippen LogP contribution < -0.4 is 10.9 Å². The van der Waals surface area contributed by atoms with E-state index in [1.54, 1.807) is 11.6 Å². The van der Waals surface area contributed by atoms with Crippen LogP contribution >= 0.6 is 0 Å². The molecule has 0 aliphatic carbocycles. The van der Waals surface area contributed by atoms with Crippen LogP contribution in [0, 0.1) is 5.92 Å². The molecule has 3 rings (SSSR count). The first kappa shape index (κ1) is 20.3. The largest absolute Gasteiger partial charge is 0.444 e. The van der Waals surface area contributed by atoms with Crippen molar-refractivity contribution in [2.24, 2.45) is 13.0 Å². The van der Waals surface area contributed by atoms with Gasteiger partial charge in [0.05, 0.1) is 17.4 Å². The van der Waals surface area contributed by atoms with Crippen molar-refractivity contribution < 1.29 is 9.53 Å². The van der Waals surface area contributed by atoms with E-state index in [4.69, 9.17) is 4.74 Å². The van der Waals surface area contributed by atoms with Crippen molar-refractivity contribution in [3.05, 3.63) is 40.4 Å². The van der Waals surface area contributed by atoms with Crippen molar-refractivity contribution in [2.45, 2.75) is 52.3 Å². The van der Waals surface area contributed by atoms with E-state index in [9.17, 15) is 9.59 Å². The van der Waals surface area contributed by atoms with Crippen molar-refractivity contribution >= 4 is 17.0 Å². The summed E-state index contributed by atoms with van der Waals surface area (Å²) in [6.45, 7) is 9.96. The number of alkyl carbamates (subject to hydrolysis) is 1. The zero-order valence-electron chi connectivity index (χ0n) is 17.4. The average Bonchev–Trinajstić information content (AvgIpc) is 3.06. The van der Waals surface area contributed by atoms with Gasteiger partial charge in [0.2, 0.25) is 0 Å². The molecule has 0 bridgehead atoms. The predicted molar refractivity (Wildman–Crippen MR) is 109 cm³/mol. The normalized spacial score (nSPS) is 19.0. The average molecular weight is 386 g/mol. The lowest BCUT2D eigenvalue weighted by Crippen LogP contribution is -2.42. The van der Waals surface area contributed by atoms with E-state index in [0.717, 1.165) is 30.9 Å². The van der Waals surface area contributed by atoms with Gasteiger partial charge in [-0.05, 0) is 58.7 Å². The molecule has 0 saturated carbocycles. The van der Waals surface area contributed by atoms with Gasteiger partial charge >= 0.3 is 6.09 Å². The van der Waals surface area contributed by atoms with Crippen LogP contribution in [0.4, 0.5) is 4.79 Å². The van der Waals surface area contributed by atoms with Crippen molar-refractivity contribution in [2.75, 3.05) is 13.1 Å². The Bertz CT molecular complexity index is 916. The molecular weight excluding hydrogens is 356 g/mol. The van der Waals surface area contributed by atoms with E-state index >= 15 is 0 Å². The lowest BCUT2D eigenvalue weighted by atomic mass is 10.0. The summed E-state index contributed by atoms with van der Waals surface area (Å²) in [5, 5.41) is 3.59. The molecule has 2 aromatic rings. The predicted octanol–water partition coefficient (Wildman–Crippen LogP) is 2.67. The Morgan fingerprint density at radius 3 is 2.79 bits per heavy atom. The highest BCUT2D eigenvalue weighted by Gasteiger charge is 2.29. The van der Waals surface area contributed by atoms with Crippen LogP contribution in [0.1, 0.15) is 39.9 Å². The van der Waals surface area contributed by atoms with Crippen molar-refractivity contribution in [3.63, 3.8) is 0 Å². The summed E-state index contributed by atoms with van der Waals surface area (Å²) in [6, 6.07) is 7.46. The Morgan fingerprint density at radius 1 is 1.36 bits per heavy atom. The quantitative estimate of drug-likeness (QED) is 0.874. The van der Waals surface area contributed by atoms with Gasteiger partial charge in [0.25, 0.3) is 5.56 Å². The number of aromatic nitrogens is 2. The maximum Gasteiger partial charge on any atom is 0.407 e. The number of carbonyl (C=O) groups is 1. The molecule has 2 atom stereocenters. The lowest BCUT2D eigenvalue weighted by Gasteiger charge is -2.25. The van der Waals surface area contributed by atoms with E-state index in [0.29, 0.717) is 17.8 Å². The number of nitrogens with zero attached hydrogens (tertiary/aromatic N) is 3. The van der Waals surface area contributed by atoms with Crippen LogP contribution in [0.25, 0.3) is 10.9 Å². The van der Waals surface area contributed by atoms with Crippen LogP contribution in [0.2, 0.25) is 0 Å². The summed E-state index contributed by atoms with van der Waals surface area (Å²) in [7, 11) is 1.78. The number of benzene rings is 1. The number of hydrogen-bond acceptors (Lipinski definition) is 5. The van der Waals surface area contributed by atoms with E-state index in [1.165, 1.54) is 0 Å². The number of likely N-dealkylation sites (tertiary alicyclic amines) is 1. The Hall–Kier alpha value is -2.41. The second-order valence-corrected chi connectivity index (χ2v) is 8.63. The minimum atomic E-state index is -0.502. The first-order valence-corrected chi connectivity index (χ1v) is 9.80. The number of amides is 1. The molecule has 1 aromatic carbocycles. The fourth-order valence-corrected chi connectivity index (χ4v) is 3.63. The highest BCUT2D eigenvalue weighted by atomic mass is 16.6. The number of para-hydroxylation sites is 1. The van der Waals surface area contributed by atoms with E-state index < -0.39 is 5.60 Å². The molecule has 152 valence electrons. The summed E-state index contributed by atoms with van der Waals surface area (Å²) in [5.41, 5.74) is 0.213. The smallest absolute Gasteiger partial charge is 0.407 e. The third kappa shape index (κ3) is 4.70. The Labute approximate surface area is 165 Å². The van der Waals surface area contributed by atoms with Gasteiger partial charge in [0.1, 0.15) is 11.4 Å². The van der Waals surface area contributed by atoms with Crippen molar-refractivity contribution in [3.8, 4) is 0 Å². The summed E-state index contributed by atoms with van der Waals surface area (Å²) >= 11 is 0. The molecule has 28 heavy (non-hydrogen) atoms. The minimum absolute atomic E-state index is 0.0173. The van der Waals surface area contributed by atoms with Crippen LogP contribution in [-0.4, -0.2) is 45.3 Å². The highest BCUT2D eigenvalue weighted by molar-refractivity contribution is 5.77. The number of hydrogen-bond donors (Lipinski definition) is 1. The van der Waals surface area contributed by atoms with Crippen molar-refractivity contribution in [1.29, 1.82) is 0 Å². The van der Waals surface area contributed by atoms with Crippen LogP contribution in [0.3, 0.4) is 0 Å². The Kier molecular flexibility index (Phi) is 5.74. The SMILES string of the molecule is C[C@@H](NC(=O)OC(C)(C)C)[C@@H]1CCN(Cc2nc3ccccc3c(=O)n2C)C1. The van der Waals surface area contributed by atoms with Gasteiger partial charge in [-0.25, -0.2) is 9.78 Å². The maximum absolute atomic E-state index is 12.6. The molecule has 1 aliphatic rings. The molecule has 0 radical (unpaired) electrons. The molecule has 1 N–H and O–H groups in total. The topological polar surface area (TPSA) is 76.5 Å². The number of rotatable bonds is 4. The van der Waals surface area contributed by atoms with E-state index in [2.05, 4.69) is 15.2 Å². The molecule has 7 heteroatoms. The molecule has 1 amide bonds. The third-order valence-electron chi connectivity index (χ3n) is 5.20. The van der Waals surface area contributed by atoms with Gasteiger partial charge in [0.15, 0.2) is 0 Å². The fraction of sp³-hybridized carbons (Fsp3) is 0.571. The first-order valence-electron chi connectivity index (χ1n) is 9.80. The molecule has 1 saturated heterocycles. The van der Waals surface area contributed by atoms with Crippen molar-refractivity contribution in [1.82, 2.24) is 19.8 Å². The molecule has 7 nitrogen and oxygen atoms in total. The number of carbonyl (C=O) groups excluding carboxylic acids is 1. The molecule has 2 heterocycles. The minimum Gasteiger partial charge on any atom is -0.444 e. The number of ether oxygens (including phenoxy) is 1. The van der Waals surface area contributed by atoms with Gasteiger partial charge in [0, 0.05) is 19.6 Å². The fourth-order valence-electron chi connectivity index (χ4n) is 3.63. The standard InChI is InChI=1S/C21H30N4O3/c1-14(22-20(27)28-21(2,3)4)15-10-11-25(12-15)13-18-23-17-9-7-6-8-16(17)19(26)24(18)5/h6-9,14-15H,10-13H2,1-5H3,(H,22,27)/t14-,15-/m1/s1. The highest BCUT2D eigenvalue weighted by Crippen LogP contribution is 2.22. The molecule has 1 aromatic heterocycles. The molecular formula is C21H30N4O3. The van der Waals surface area contributed by atoms with Gasteiger partial charge in [-0.3, -0.25) is 14.3 Å². The third-order valence-corrected chi connectivity index (χ3v) is 5.20. The van der Waals surface area contributed by atoms with Gasteiger partial charge in [-0.15, -0.1) is 0 Å². The second kappa shape index (κ2) is 7.91. The second-order valence-electron chi connectivity index (χ2n) is 8.63. The van der Waals surface area contributed by atoms with Gasteiger partial charge in [-0.2, -0.15) is 0 Å². The summed E-state index contributed by atoms with van der Waals surface area (Å²) in [5.74, 6) is 1.10. The molecule has 0 spiro atoms. The van der Waals surface area contributed by atoms with Crippen LogP contribution in [0.15, 0.2) is 29.1 Å². The summed E-state index contributed by atoms with van der Waals surface area (Å²) in [4.78, 5) is 31.6. The summed E-state index contributed by atoms with van der Waals surface area (Å²) < 4.78 is 6.99. The van der Waals surface area contributed by atoms with Gasteiger partial charge < -0.3 is 10.1 Å². The van der Waals surface area contributed by atoms with Crippen LogP contribution in [0.5, 0.6) is 0 Å². The summed E-state index contributed by atoms with van der Waals surface area (Å²) in [6.07, 6.45) is 0.607. The molecule has 1 fully saturated rings. The Balaban J connectivity index is 1.63. The Morgan fingerprint density at radius 2 is 2.07 bits per heavy atom. The molecule has 1 aliphatic heterocycles.